The summed E-state index contributed by atoms with van der Waals surface area (Å²) in [5.74, 6) is 0. The zero-order valence-corrected chi connectivity index (χ0v) is 10.3. The van der Waals surface area contributed by atoms with E-state index in [0.29, 0.717) is 6.42 Å². The summed E-state index contributed by atoms with van der Waals surface area (Å²) < 4.78 is 0. The number of hydrogen-bond acceptors (Lipinski definition) is 5. The van der Waals surface area contributed by atoms with Crippen LogP contribution < -0.4 is 11.5 Å². The van der Waals surface area contributed by atoms with Crippen LogP contribution in [-0.4, -0.2) is 45.7 Å². The van der Waals surface area contributed by atoms with Crippen LogP contribution in [0.25, 0.3) is 0 Å². The zero-order valence-electron chi connectivity index (χ0n) is 6.91. The highest BCUT2D eigenvalue weighted by Crippen LogP contribution is 2.17. The number of halogens is 2. The molecule has 0 aromatic rings. The van der Waals surface area contributed by atoms with Crippen molar-refractivity contribution in [2.24, 2.45) is 11.5 Å². The van der Waals surface area contributed by atoms with Gasteiger partial charge in [-0.05, 0) is 6.42 Å². The van der Waals surface area contributed by atoms with Crippen molar-refractivity contribution in [3.8, 4) is 0 Å². The van der Waals surface area contributed by atoms with Gasteiger partial charge in [0, 0.05) is 12.1 Å². The van der Waals surface area contributed by atoms with Crippen molar-refractivity contribution in [2.45, 2.75) is 36.8 Å². The van der Waals surface area contributed by atoms with E-state index in [2.05, 4.69) is 0 Å². The Hall–Kier alpha value is 0.760. The van der Waals surface area contributed by atoms with Crippen LogP contribution in [0.1, 0.15) is 6.42 Å². The van der Waals surface area contributed by atoms with Gasteiger partial charge in [0.15, 0.2) is 0 Å². The minimum atomic E-state index is -1.21. The summed E-state index contributed by atoms with van der Waals surface area (Å²) in [4.78, 5) is 0. The molecule has 0 aromatic carbocycles. The van der Waals surface area contributed by atoms with Crippen molar-refractivity contribution in [1.82, 2.24) is 0 Å². The van der Waals surface area contributed by atoms with Gasteiger partial charge in [-0.15, -0.1) is 34.0 Å². The van der Waals surface area contributed by atoms with Crippen molar-refractivity contribution in [3.63, 3.8) is 0 Å². The summed E-state index contributed by atoms with van der Waals surface area (Å²) in [7, 11) is 0. The topological polar surface area (TPSA) is 113 Å². The normalized spacial score (nSPS) is 44.5. The first-order chi connectivity index (χ1) is 5.04. The molecule has 0 radical (unpaired) electrons. The summed E-state index contributed by atoms with van der Waals surface area (Å²) in [6.07, 6.45) is -3.01. The SMILES string of the molecule is Br.Br.N[C@@H]1C[C@@H](N)[C@@H](O)C(O)[C@H]1O. The van der Waals surface area contributed by atoms with E-state index in [0.717, 1.165) is 0 Å². The van der Waals surface area contributed by atoms with E-state index < -0.39 is 30.4 Å². The maximum absolute atomic E-state index is 9.14. The van der Waals surface area contributed by atoms with Gasteiger partial charge in [0.25, 0.3) is 0 Å². The molecule has 1 unspecified atom stereocenters. The Morgan fingerprint density at radius 3 is 1.38 bits per heavy atom. The molecule has 1 fully saturated rings. The van der Waals surface area contributed by atoms with Gasteiger partial charge < -0.3 is 26.8 Å². The average molecular weight is 324 g/mol. The molecule has 0 amide bonds. The van der Waals surface area contributed by atoms with Gasteiger partial charge in [0.05, 0.1) is 12.2 Å². The van der Waals surface area contributed by atoms with Crippen molar-refractivity contribution >= 4 is 34.0 Å². The number of aliphatic hydroxyl groups is 3. The molecule has 1 rings (SSSR count). The van der Waals surface area contributed by atoms with E-state index in [1.165, 1.54) is 0 Å². The van der Waals surface area contributed by atoms with Crippen LogP contribution in [0.2, 0.25) is 0 Å². The van der Waals surface area contributed by atoms with E-state index in [4.69, 9.17) is 26.8 Å². The van der Waals surface area contributed by atoms with Gasteiger partial charge >= 0.3 is 0 Å². The third kappa shape index (κ3) is 3.43. The quantitative estimate of drug-likeness (QED) is 0.364. The first-order valence-electron chi connectivity index (χ1n) is 3.59. The number of rotatable bonds is 0. The van der Waals surface area contributed by atoms with Crippen LogP contribution in [0.5, 0.6) is 0 Å². The Kier molecular flexibility index (Phi) is 7.83. The molecule has 0 bridgehead atoms. The highest BCUT2D eigenvalue weighted by atomic mass is 79.9. The van der Waals surface area contributed by atoms with Gasteiger partial charge in [-0.25, -0.2) is 0 Å². The molecule has 13 heavy (non-hydrogen) atoms. The molecule has 0 saturated heterocycles. The lowest BCUT2D eigenvalue weighted by atomic mass is 9.85. The van der Waals surface area contributed by atoms with Crippen LogP contribution in [0.4, 0.5) is 0 Å². The Bertz CT molecular complexity index is 138. The molecule has 1 aliphatic carbocycles. The molecule has 1 saturated carbocycles. The lowest BCUT2D eigenvalue weighted by Gasteiger charge is -2.37. The molecule has 7 N–H and O–H groups in total. The van der Waals surface area contributed by atoms with Crippen LogP contribution in [0.15, 0.2) is 0 Å². The van der Waals surface area contributed by atoms with Crippen LogP contribution in [-0.2, 0) is 0 Å². The first-order valence-corrected chi connectivity index (χ1v) is 3.59. The fourth-order valence-corrected chi connectivity index (χ4v) is 1.30. The molecular formula is C6H16Br2N2O3. The lowest BCUT2D eigenvalue weighted by Crippen LogP contribution is -2.61. The Labute approximate surface area is 97.6 Å². The van der Waals surface area contributed by atoms with E-state index in [-0.39, 0.29) is 34.0 Å². The summed E-state index contributed by atoms with van der Waals surface area (Å²) >= 11 is 0. The van der Waals surface area contributed by atoms with Gasteiger partial charge in [-0.3, -0.25) is 0 Å². The minimum absolute atomic E-state index is 0. The third-order valence-corrected chi connectivity index (χ3v) is 2.12. The fraction of sp³-hybridized carbons (Fsp3) is 1.00. The molecule has 0 aromatic heterocycles. The largest absolute Gasteiger partial charge is 0.389 e. The van der Waals surface area contributed by atoms with Crippen LogP contribution >= 0.6 is 34.0 Å². The summed E-state index contributed by atoms with van der Waals surface area (Å²) in [6.45, 7) is 0. The molecule has 5 nitrogen and oxygen atoms in total. The molecule has 0 spiro atoms. The minimum Gasteiger partial charge on any atom is -0.389 e. The Balaban J connectivity index is 0. The number of nitrogens with two attached hydrogens (primary N) is 2. The number of hydrogen-bond donors (Lipinski definition) is 5. The van der Waals surface area contributed by atoms with E-state index in [1.807, 2.05) is 0 Å². The second kappa shape index (κ2) is 6.28. The highest BCUT2D eigenvalue weighted by molar-refractivity contribution is 8.93. The van der Waals surface area contributed by atoms with Gasteiger partial charge in [0.2, 0.25) is 0 Å². The molecule has 1 aliphatic rings. The van der Waals surface area contributed by atoms with E-state index in [1.54, 1.807) is 0 Å². The highest BCUT2D eigenvalue weighted by Gasteiger charge is 2.39. The van der Waals surface area contributed by atoms with Crippen molar-refractivity contribution in [1.29, 1.82) is 0 Å². The number of aliphatic hydroxyl groups excluding tert-OH is 3. The smallest absolute Gasteiger partial charge is 0.109 e. The third-order valence-electron chi connectivity index (χ3n) is 2.12. The van der Waals surface area contributed by atoms with Gasteiger partial charge in [0.1, 0.15) is 6.10 Å². The molecular weight excluding hydrogens is 308 g/mol. The second-order valence-electron chi connectivity index (χ2n) is 3.04. The van der Waals surface area contributed by atoms with Gasteiger partial charge in [-0.2, -0.15) is 0 Å². The summed E-state index contributed by atoms with van der Waals surface area (Å²) in [6, 6.07) is -1.08. The first kappa shape index (κ1) is 16.2. The average Bonchev–Trinajstić information content (AvgIpc) is 1.97. The maximum Gasteiger partial charge on any atom is 0.109 e. The van der Waals surface area contributed by atoms with E-state index in [9.17, 15) is 0 Å². The molecule has 7 heteroatoms. The standard InChI is InChI=1S/C6H14N2O3.2BrH/c7-2-1-3(8)5(10)6(11)4(2)9;;/h2-6,9-11H,1,7-8H2;2*1H/t2-,3-,4-,5+,6?;;/m1../s1. The molecule has 0 aliphatic heterocycles. The molecule has 5 atom stereocenters. The van der Waals surface area contributed by atoms with Crippen LogP contribution in [0, 0.1) is 0 Å². The second-order valence-corrected chi connectivity index (χ2v) is 3.04. The zero-order chi connectivity index (χ0) is 8.59. The lowest BCUT2D eigenvalue weighted by molar-refractivity contribution is -0.100. The summed E-state index contributed by atoms with van der Waals surface area (Å²) in [5, 5.41) is 27.4. The van der Waals surface area contributed by atoms with Crippen molar-refractivity contribution in [2.75, 3.05) is 0 Å². The monoisotopic (exact) mass is 322 g/mol. The fourth-order valence-electron chi connectivity index (χ4n) is 1.30. The Morgan fingerprint density at radius 2 is 1.08 bits per heavy atom. The summed E-state index contributed by atoms with van der Waals surface area (Å²) in [5.41, 5.74) is 10.8. The van der Waals surface area contributed by atoms with Crippen molar-refractivity contribution < 1.29 is 15.3 Å². The predicted octanol–water partition coefficient (Wildman–Crippen LogP) is -1.72. The van der Waals surface area contributed by atoms with E-state index >= 15 is 0 Å². The predicted molar refractivity (Wildman–Crippen MR) is 59.2 cm³/mol. The maximum atomic E-state index is 9.14. The Morgan fingerprint density at radius 1 is 0.769 bits per heavy atom. The van der Waals surface area contributed by atoms with Crippen LogP contribution in [0.3, 0.4) is 0 Å². The molecule has 82 valence electrons. The molecule has 0 heterocycles. The van der Waals surface area contributed by atoms with Gasteiger partial charge in [-0.1, -0.05) is 0 Å². The van der Waals surface area contributed by atoms with Crippen molar-refractivity contribution in [3.05, 3.63) is 0 Å².